The molecule has 0 heterocycles. The van der Waals surface area contributed by atoms with E-state index >= 15 is 0 Å². The molecule has 0 spiro atoms. The van der Waals surface area contributed by atoms with Crippen LogP contribution in [0.25, 0.3) is 0 Å². The van der Waals surface area contributed by atoms with Crippen LogP contribution < -0.4 is 9.86 Å². The van der Waals surface area contributed by atoms with E-state index in [1.807, 2.05) is 0 Å². The lowest BCUT2D eigenvalue weighted by molar-refractivity contribution is 0.602. The van der Waals surface area contributed by atoms with Crippen LogP contribution in [0.3, 0.4) is 0 Å². The summed E-state index contributed by atoms with van der Waals surface area (Å²) >= 11 is 1.80. The third-order valence-corrected chi connectivity index (χ3v) is 2.58. The van der Waals surface area contributed by atoms with E-state index in [9.17, 15) is 12.8 Å². The number of rotatable bonds is 2. The highest BCUT2D eigenvalue weighted by atomic mass is 127. The molecule has 0 radical (unpaired) electrons. The second kappa shape index (κ2) is 3.76. The highest BCUT2D eigenvalue weighted by Gasteiger charge is 2.06. The maximum atomic E-state index is 12.6. The lowest BCUT2D eigenvalue weighted by atomic mass is 10.3. The van der Waals surface area contributed by atoms with Gasteiger partial charge in [0.2, 0.25) is 0 Å². The Morgan fingerprint density at radius 1 is 1.46 bits per heavy atom. The largest absolute Gasteiger partial charge is 0.296 e. The zero-order valence-electron chi connectivity index (χ0n) is 6.29. The van der Waals surface area contributed by atoms with Gasteiger partial charge in [-0.15, -0.1) is 0 Å². The lowest BCUT2D eigenvalue weighted by Crippen LogP contribution is -2.22. The molecule has 1 aromatic carbocycles. The number of halogens is 2. The number of benzene rings is 1. The average molecular weight is 316 g/mol. The Kier molecular flexibility index (Phi) is 3.09. The van der Waals surface area contributed by atoms with Gasteiger partial charge in [-0.25, -0.2) is 9.53 Å². The van der Waals surface area contributed by atoms with E-state index in [0.717, 1.165) is 6.07 Å². The highest BCUT2D eigenvalue weighted by Crippen LogP contribution is 2.19. The minimum atomic E-state index is -3.79. The van der Waals surface area contributed by atoms with Crippen LogP contribution in [0.4, 0.5) is 10.1 Å². The zero-order valence-corrected chi connectivity index (χ0v) is 9.26. The molecule has 0 atom stereocenters. The van der Waals surface area contributed by atoms with Crippen molar-refractivity contribution in [2.24, 2.45) is 5.14 Å². The maximum absolute atomic E-state index is 12.6. The van der Waals surface area contributed by atoms with Gasteiger partial charge in [-0.05, 0) is 40.8 Å². The summed E-state index contributed by atoms with van der Waals surface area (Å²) in [6.07, 6.45) is 0. The van der Waals surface area contributed by atoms with Gasteiger partial charge in [0.25, 0.3) is 10.2 Å². The third kappa shape index (κ3) is 3.44. The molecule has 0 saturated carbocycles. The van der Waals surface area contributed by atoms with Gasteiger partial charge in [-0.2, -0.15) is 8.42 Å². The molecule has 7 heteroatoms. The molecule has 0 fully saturated rings. The summed E-state index contributed by atoms with van der Waals surface area (Å²) < 4.78 is 36.3. The molecule has 13 heavy (non-hydrogen) atoms. The van der Waals surface area contributed by atoms with Gasteiger partial charge in [0, 0.05) is 3.57 Å². The first kappa shape index (κ1) is 10.7. The van der Waals surface area contributed by atoms with E-state index in [0.29, 0.717) is 3.57 Å². The molecular weight excluding hydrogens is 310 g/mol. The predicted octanol–water partition coefficient (Wildman–Crippen LogP) is 1.05. The molecular formula is C6H6FIN2O2S. The zero-order chi connectivity index (χ0) is 10.1. The monoisotopic (exact) mass is 316 g/mol. The second-order valence-electron chi connectivity index (χ2n) is 2.27. The number of hydrogen-bond acceptors (Lipinski definition) is 2. The fourth-order valence-electron chi connectivity index (χ4n) is 0.726. The summed E-state index contributed by atoms with van der Waals surface area (Å²) in [6, 6.07) is 3.66. The van der Waals surface area contributed by atoms with Crippen molar-refractivity contribution in [3.05, 3.63) is 27.6 Å². The van der Waals surface area contributed by atoms with Crippen LogP contribution in [-0.2, 0) is 10.2 Å². The van der Waals surface area contributed by atoms with Crippen LogP contribution in [0.5, 0.6) is 0 Å². The summed E-state index contributed by atoms with van der Waals surface area (Å²) in [5, 5.41) is 4.74. The molecule has 0 bridgehead atoms. The lowest BCUT2D eigenvalue weighted by Gasteiger charge is -2.05. The Morgan fingerprint density at radius 2 is 2.08 bits per heavy atom. The van der Waals surface area contributed by atoms with Crippen molar-refractivity contribution in [2.75, 3.05) is 4.72 Å². The van der Waals surface area contributed by atoms with Crippen LogP contribution in [0.2, 0.25) is 0 Å². The summed E-state index contributed by atoms with van der Waals surface area (Å²) in [6.45, 7) is 0. The Hall–Kier alpha value is -0.410. The number of anilines is 1. The Bertz CT molecular complexity index is 421. The smallest absolute Gasteiger partial charge is 0.270 e. The van der Waals surface area contributed by atoms with E-state index in [1.165, 1.54) is 12.1 Å². The van der Waals surface area contributed by atoms with Crippen LogP contribution >= 0.6 is 22.6 Å². The molecule has 0 aromatic heterocycles. The molecule has 0 aliphatic carbocycles. The predicted molar refractivity (Wildman–Crippen MR) is 55.8 cm³/mol. The fourth-order valence-corrected chi connectivity index (χ4v) is 2.01. The van der Waals surface area contributed by atoms with Crippen LogP contribution in [0, 0.1) is 9.39 Å². The van der Waals surface area contributed by atoms with Crippen molar-refractivity contribution in [3.63, 3.8) is 0 Å². The minimum absolute atomic E-state index is 0.268. The Labute approximate surface area is 88.6 Å². The molecule has 3 N–H and O–H groups in total. The molecule has 0 aliphatic rings. The molecule has 0 amide bonds. The van der Waals surface area contributed by atoms with Crippen molar-refractivity contribution in [1.29, 1.82) is 0 Å². The molecule has 0 aliphatic heterocycles. The summed E-state index contributed by atoms with van der Waals surface area (Å²) in [5.74, 6) is -0.427. The fraction of sp³-hybridized carbons (Fsp3) is 0. The van der Waals surface area contributed by atoms with Gasteiger partial charge in [0.05, 0.1) is 5.69 Å². The van der Waals surface area contributed by atoms with Crippen molar-refractivity contribution < 1.29 is 12.8 Å². The molecule has 1 aromatic rings. The van der Waals surface area contributed by atoms with Crippen molar-refractivity contribution in [3.8, 4) is 0 Å². The summed E-state index contributed by atoms with van der Waals surface area (Å²) in [4.78, 5) is 0. The normalized spacial score (nSPS) is 11.3. The Balaban J connectivity index is 3.04. The average Bonchev–Trinajstić information content (AvgIpc) is 1.93. The van der Waals surface area contributed by atoms with Gasteiger partial charge in [0.1, 0.15) is 5.82 Å². The van der Waals surface area contributed by atoms with Gasteiger partial charge >= 0.3 is 0 Å². The molecule has 0 saturated heterocycles. The number of hydrogen-bond donors (Lipinski definition) is 2. The van der Waals surface area contributed by atoms with E-state index in [2.05, 4.69) is 4.72 Å². The van der Waals surface area contributed by atoms with Crippen molar-refractivity contribution in [2.45, 2.75) is 0 Å². The molecule has 1 rings (SSSR count). The van der Waals surface area contributed by atoms with E-state index in [-0.39, 0.29) is 5.69 Å². The topological polar surface area (TPSA) is 72.2 Å². The number of nitrogens with two attached hydrogens (primary N) is 1. The van der Waals surface area contributed by atoms with Gasteiger partial charge < -0.3 is 0 Å². The molecule has 0 unspecified atom stereocenters. The van der Waals surface area contributed by atoms with Crippen LogP contribution in [0.15, 0.2) is 18.2 Å². The number of nitrogens with one attached hydrogen (secondary N) is 1. The maximum Gasteiger partial charge on any atom is 0.296 e. The van der Waals surface area contributed by atoms with Gasteiger partial charge in [0.15, 0.2) is 0 Å². The van der Waals surface area contributed by atoms with Gasteiger partial charge in [-0.3, -0.25) is 4.72 Å². The standard InChI is InChI=1S/C6H6FIN2O2S/c7-4-1-2-6(5(8)3-4)10-13(9,11)12/h1-3,10H,(H2,9,11,12). The van der Waals surface area contributed by atoms with E-state index < -0.39 is 16.0 Å². The SMILES string of the molecule is NS(=O)(=O)Nc1ccc(F)cc1I. The van der Waals surface area contributed by atoms with E-state index in [1.54, 1.807) is 22.6 Å². The van der Waals surface area contributed by atoms with Crippen LogP contribution in [-0.4, -0.2) is 8.42 Å². The summed E-state index contributed by atoms with van der Waals surface area (Å²) in [5.41, 5.74) is 0.268. The van der Waals surface area contributed by atoms with Crippen LogP contribution in [0.1, 0.15) is 0 Å². The van der Waals surface area contributed by atoms with Crippen molar-refractivity contribution >= 4 is 38.5 Å². The highest BCUT2D eigenvalue weighted by molar-refractivity contribution is 14.1. The summed E-state index contributed by atoms with van der Waals surface area (Å²) in [7, 11) is -3.79. The second-order valence-corrected chi connectivity index (χ2v) is 4.73. The first-order valence-corrected chi connectivity index (χ1v) is 5.76. The molecule has 72 valence electrons. The molecule has 4 nitrogen and oxygen atoms in total. The first-order valence-electron chi connectivity index (χ1n) is 3.14. The van der Waals surface area contributed by atoms with E-state index in [4.69, 9.17) is 5.14 Å². The minimum Gasteiger partial charge on any atom is -0.270 e. The first-order chi connectivity index (χ1) is 5.88. The third-order valence-electron chi connectivity index (χ3n) is 1.18. The Morgan fingerprint density at radius 3 is 2.54 bits per heavy atom. The van der Waals surface area contributed by atoms with Crippen molar-refractivity contribution in [1.82, 2.24) is 0 Å². The quantitative estimate of drug-likeness (QED) is 0.801. The van der Waals surface area contributed by atoms with Gasteiger partial charge in [-0.1, -0.05) is 0 Å².